The summed E-state index contributed by atoms with van der Waals surface area (Å²) >= 11 is 1.45. The van der Waals surface area contributed by atoms with Crippen molar-refractivity contribution in [2.45, 2.75) is 6.92 Å². The van der Waals surface area contributed by atoms with Crippen molar-refractivity contribution in [1.29, 1.82) is 0 Å². The molecule has 0 bridgehead atoms. The number of amides is 1. The predicted molar refractivity (Wildman–Crippen MR) is 89.0 cm³/mol. The van der Waals surface area contributed by atoms with E-state index in [0.29, 0.717) is 6.54 Å². The lowest BCUT2D eigenvalue weighted by Crippen LogP contribution is -2.22. The first-order valence-corrected chi connectivity index (χ1v) is 7.54. The molecule has 2 rings (SSSR count). The lowest BCUT2D eigenvalue weighted by molar-refractivity contribution is 0.0962. The zero-order chi connectivity index (χ0) is 15.2. The fourth-order valence-electron chi connectivity index (χ4n) is 1.87. The molecule has 1 heterocycles. The van der Waals surface area contributed by atoms with Gasteiger partial charge in [-0.05, 0) is 36.1 Å². The molecule has 0 saturated carbocycles. The normalized spacial score (nSPS) is 9.67. The molecular formula is C17H18N2OS. The van der Waals surface area contributed by atoms with Crippen LogP contribution in [0.1, 0.15) is 20.8 Å². The van der Waals surface area contributed by atoms with Gasteiger partial charge in [-0.2, -0.15) is 0 Å². The topological polar surface area (TPSA) is 32.3 Å². The monoisotopic (exact) mass is 298 g/mol. The maximum atomic E-state index is 11.9. The SMILES string of the molecule is Cc1csc(C(=O)NCC#Cc2ccccc2N(C)C)c1. The number of anilines is 1. The van der Waals surface area contributed by atoms with Crippen LogP contribution in [0.5, 0.6) is 0 Å². The average molecular weight is 298 g/mol. The second-order valence-corrected chi connectivity index (χ2v) is 5.80. The molecule has 0 spiro atoms. The zero-order valence-electron chi connectivity index (χ0n) is 12.4. The van der Waals surface area contributed by atoms with Gasteiger partial charge in [0.05, 0.1) is 17.1 Å². The Morgan fingerprint density at radius 2 is 2.10 bits per heavy atom. The van der Waals surface area contributed by atoms with Crippen molar-refractivity contribution in [3.05, 3.63) is 51.7 Å². The highest BCUT2D eigenvalue weighted by atomic mass is 32.1. The van der Waals surface area contributed by atoms with Gasteiger partial charge in [-0.1, -0.05) is 24.0 Å². The maximum absolute atomic E-state index is 11.9. The van der Waals surface area contributed by atoms with Crippen molar-refractivity contribution in [2.75, 3.05) is 25.5 Å². The largest absolute Gasteiger partial charge is 0.377 e. The molecule has 0 fully saturated rings. The molecule has 21 heavy (non-hydrogen) atoms. The van der Waals surface area contributed by atoms with Crippen LogP contribution in [0.15, 0.2) is 35.7 Å². The zero-order valence-corrected chi connectivity index (χ0v) is 13.3. The molecule has 108 valence electrons. The number of hydrogen-bond acceptors (Lipinski definition) is 3. The van der Waals surface area contributed by atoms with Crippen LogP contribution >= 0.6 is 11.3 Å². The molecule has 0 saturated heterocycles. The Balaban J connectivity index is 1.97. The quantitative estimate of drug-likeness (QED) is 0.884. The van der Waals surface area contributed by atoms with Gasteiger partial charge in [0.2, 0.25) is 0 Å². The molecule has 0 unspecified atom stereocenters. The van der Waals surface area contributed by atoms with Gasteiger partial charge >= 0.3 is 0 Å². The van der Waals surface area contributed by atoms with Crippen LogP contribution in [-0.2, 0) is 0 Å². The highest BCUT2D eigenvalue weighted by Gasteiger charge is 2.05. The Labute approximate surface area is 129 Å². The first-order chi connectivity index (χ1) is 10.1. The Kier molecular flexibility index (Phi) is 5.02. The molecule has 0 aliphatic carbocycles. The van der Waals surface area contributed by atoms with Crippen LogP contribution in [0.3, 0.4) is 0 Å². The molecular weight excluding hydrogens is 280 g/mol. The summed E-state index contributed by atoms with van der Waals surface area (Å²) in [6, 6.07) is 9.84. The van der Waals surface area contributed by atoms with E-state index >= 15 is 0 Å². The average Bonchev–Trinajstić information content (AvgIpc) is 2.90. The number of nitrogens with zero attached hydrogens (tertiary/aromatic N) is 1. The molecule has 1 aromatic carbocycles. The van der Waals surface area contributed by atoms with Gasteiger partial charge in [0, 0.05) is 19.7 Å². The molecule has 0 radical (unpaired) electrons. The number of thiophene rings is 1. The van der Waals surface area contributed by atoms with Gasteiger partial charge in [0.1, 0.15) is 0 Å². The number of carbonyl (C=O) groups is 1. The molecule has 4 heteroatoms. The third kappa shape index (κ3) is 4.11. The van der Waals surface area contributed by atoms with Crippen LogP contribution < -0.4 is 10.2 Å². The van der Waals surface area contributed by atoms with Gasteiger partial charge in [-0.3, -0.25) is 4.79 Å². The fraction of sp³-hybridized carbons (Fsp3) is 0.235. The van der Waals surface area contributed by atoms with Crippen molar-refractivity contribution in [1.82, 2.24) is 5.32 Å². The van der Waals surface area contributed by atoms with Crippen LogP contribution in [0.25, 0.3) is 0 Å². The standard InChI is InChI=1S/C17H18N2OS/c1-13-11-16(21-12-13)17(20)18-10-6-8-14-7-4-5-9-15(14)19(2)3/h4-5,7,9,11-12H,10H2,1-3H3,(H,18,20). The van der Waals surface area contributed by atoms with Crippen molar-refractivity contribution in [3.63, 3.8) is 0 Å². The Hall–Kier alpha value is -2.25. The lowest BCUT2D eigenvalue weighted by atomic mass is 10.1. The van der Waals surface area contributed by atoms with Gasteiger partial charge in [-0.25, -0.2) is 0 Å². The summed E-state index contributed by atoms with van der Waals surface area (Å²) in [4.78, 5) is 14.6. The van der Waals surface area contributed by atoms with Crippen molar-refractivity contribution in [3.8, 4) is 11.8 Å². The minimum atomic E-state index is -0.0664. The third-order valence-corrected chi connectivity index (χ3v) is 3.95. The Bertz CT molecular complexity index is 692. The van der Waals surface area contributed by atoms with Gasteiger partial charge in [0.25, 0.3) is 5.91 Å². The number of nitrogens with one attached hydrogen (secondary N) is 1. The minimum absolute atomic E-state index is 0.0664. The summed E-state index contributed by atoms with van der Waals surface area (Å²) in [5, 5.41) is 4.78. The van der Waals surface area contributed by atoms with Crippen LogP contribution in [0.4, 0.5) is 5.69 Å². The number of carbonyl (C=O) groups excluding carboxylic acids is 1. The van der Waals surface area contributed by atoms with E-state index in [2.05, 4.69) is 17.2 Å². The maximum Gasteiger partial charge on any atom is 0.262 e. The van der Waals surface area contributed by atoms with Crippen LogP contribution in [0, 0.1) is 18.8 Å². The summed E-state index contributed by atoms with van der Waals surface area (Å²) in [5.74, 6) is 6.04. The number of aryl methyl sites for hydroxylation is 1. The van der Waals surface area contributed by atoms with Crippen LogP contribution in [-0.4, -0.2) is 26.5 Å². The molecule has 0 aliphatic rings. The fourth-order valence-corrected chi connectivity index (χ4v) is 2.68. The predicted octanol–water partition coefficient (Wildman–Crippen LogP) is 2.90. The molecule has 0 atom stereocenters. The molecule has 3 nitrogen and oxygen atoms in total. The van der Waals surface area contributed by atoms with Gasteiger partial charge < -0.3 is 10.2 Å². The van der Waals surface area contributed by atoms with E-state index in [0.717, 1.165) is 21.7 Å². The summed E-state index contributed by atoms with van der Waals surface area (Å²) < 4.78 is 0. The number of rotatable bonds is 3. The highest BCUT2D eigenvalue weighted by molar-refractivity contribution is 7.12. The van der Waals surface area contributed by atoms with E-state index in [1.54, 1.807) is 0 Å². The number of hydrogen-bond donors (Lipinski definition) is 1. The van der Waals surface area contributed by atoms with Gasteiger partial charge in [-0.15, -0.1) is 11.3 Å². The third-order valence-electron chi connectivity index (χ3n) is 2.90. The Morgan fingerprint density at radius 3 is 2.76 bits per heavy atom. The first kappa shape index (κ1) is 15.1. The molecule has 1 aromatic heterocycles. The van der Waals surface area contributed by atoms with E-state index in [4.69, 9.17) is 0 Å². The van der Waals surface area contributed by atoms with E-state index in [1.165, 1.54) is 11.3 Å². The highest BCUT2D eigenvalue weighted by Crippen LogP contribution is 2.16. The first-order valence-electron chi connectivity index (χ1n) is 6.66. The number of benzene rings is 1. The van der Waals surface area contributed by atoms with Crippen molar-refractivity contribution in [2.24, 2.45) is 0 Å². The summed E-state index contributed by atoms with van der Waals surface area (Å²) in [7, 11) is 3.98. The second-order valence-electron chi connectivity index (χ2n) is 4.88. The number of para-hydroxylation sites is 1. The van der Waals surface area contributed by atoms with Crippen LogP contribution in [0.2, 0.25) is 0 Å². The van der Waals surface area contributed by atoms with E-state index < -0.39 is 0 Å². The summed E-state index contributed by atoms with van der Waals surface area (Å²) in [6.45, 7) is 2.32. The molecule has 1 amide bonds. The molecule has 0 aliphatic heterocycles. The second kappa shape index (κ2) is 6.96. The molecule has 2 aromatic rings. The van der Waals surface area contributed by atoms with Crippen molar-refractivity contribution >= 4 is 22.9 Å². The summed E-state index contributed by atoms with van der Waals surface area (Å²) in [6.07, 6.45) is 0. The van der Waals surface area contributed by atoms with E-state index in [-0.39, 0.29) is 5.91 Å². The summed E-state index contributed by atoms with van der Waals surface area (Å²) in [5.41, 5.74) is 3.14. The van der Waals surface area contributed by atoms with Crippen molar-refractivity contribution < 1.29 is 4.79 Å². The van der Waals surface area contributed by atoms with Gasteiger partial charge in [0.15, 0.2) is 0 Å². The minimum Gasteiger partial charge on any atom is -0.377 e. The molecule has 1 N–H and O–H groups in total. The smallest absolute Gasteiger partial charge is 0.262 e. The van der Waals surface area contributed by atoms with E-state index in [9.17, 15) is 4.79 Å². The van der Waals surface area contributed by atoms with E-state index in [1.807, 2.05) is 61.6 Å². The lowest BCUT2D eigenvalue weighted by Gasteiger charge is -2.13. The Morgan fingerprint density at radius 1 is 1.33 bits per heavy atom.